The third kappa shape index (κ3) is 2.44. The highest BCUT2D eigenvalue weighted by atomic mass is 35.5. The monoisotopic (exact) mass is 332 g/mol. The third-order valence-corrected chi connectivity index (χ3v) is 5.71. The van der Waals surface area contributed by atoms with E-state index in [4.69, 9.17) is 11.6 Å². The zero-order chi connectivity index (χ0) is 16.0. The van der Waals surface area contributed by atoms with Crippen LogP contribution in [0, 0.1) is 0 Å². The van der Waals surface area contributed by atoms with Gasteiger partial charge in [0.2, 0.25) is 5.91 Å². The normalized spacial score (nSPS) is 27.8. The van der Waals surface area contributed by atoms with Crippen molar-refractivity contribution in [3.8, 4) is 0 Å². The Bertz CT molecular complexity index is 641. The second-order valence-electron chi connectivity index (χ2n) is 6.93. The second-order valence-corrected chi connectivity index (χ2v) is 7.37. The van der Waals surface area contributed by atoms with Gasteiger partial charge < -0.3 is 9.80 Å². The van der Waals surface area contributed by atoms with E-state index in [9.17, 15) is 9.59 Å². The van der Waals surface area contributed by atoms with E-state index in [1.165, 1.54) is 0 Å². The van der Waals surface area contributed by atoms with Crippen LogP contribution in [0.2, 0.25) is 5.02 Å². The first-order chi connectivity index (χ1) is 11.1. The number of rotatable bonds is 2. The van der Waals surface area contributed by atoms with Crippen LogP contribution in [-0.4, -0.2) is 46.3 Å². The van der Waals surface area contributed by atoms with Gasteiger partial charge in [-0.15, -0.1) is 0 Å². The predicted molar refractivity (Wildman–Crippen MR) is 88.4 cm³/mol. The Balaban J connectivity index is 1.63. The molecule has 122 valence electrons. The van der Waals surface area contributed by atoms with Gasteiger partial charge in [-0.1, -0.05) is 11.6 Å². The molecule has 1 spiro atoms. The van der Waals surface area contributed by atoms with Crippen LogP contribution in [0.5, 0.6) is 0 Å². The standard InChI is InChI=1S/C18H21ClN2O2/c19-14-5-3-13(4-6-14)16(22)21-12-2-10-18(21)9-1-11-20(17(18)23)15-7-8-15/h3-6,15H,1-2,7-12H2. The van der Waals surface area contributed by atoms with Gasteiger partial charge in [0.15, 0.2) is 0 Å². The van der Waals surface area contributed by atoms with E-state index in [0.29, 0.717) is 23.2 Å². The molecule has 1 unspecified atom stereocenters. The molecule has 1 saturated carbocycles. The van der Waals surface area contributed by atoms with Crippen LogP contribution < -0.4 is 0 Å². The van der Waals surface area contributed by atoms with Crippen molar-refractivity contribution in [2.45, 2.75) is 50.1 Å². The van der Waals surface area contributed by atoms with Crippen molar-refractivity contribution in [1.82, 2.24) is 9.80 Å². The number of halogens is 1. The highest BCUT2D eigenvalue weighted by Crippen LogP contribution is 2.42. The van der Waals surface area contributed by atoms with Gasteiger partial charge in [0.1, 0.15) is 5.54 Å². The number of carbonyl (C=O) groups excluding carboxylic acids is 2. The maximum Gasteiger partial charge on any atom is 0.254 e. The van der Waals surface area contributed by atoms with Crippen molar-refractivity contribution >= 4 is 23.4 Å². The summed E-state index contributed by atoms with van der Waals surface area (Å²) in [4.78, 5) is 30.0. The molecule has 23 heavy (non-hydrogen) atoms. The van der Waals surface area contributed by atoms with Gasteiger partial charge in [0.05, 0.1) is 0 Å². The van der Waals surface area contributed by atoms with Gasteiger partial charge in [-0.05, 0) is 62.8 Å². The number of benzene rings is 1. The fraction of sp³-hybridized carbons (Fsp3) is 0.556. The lowest BCUT2D eigenvalue weighted by atomic mass is 9.85. The van der Waals surface area contributed by atoms with Crippen molar-refractivity contribution < 1.29 is 9.59 Å². The zero-order valence-electron chi connectivity index (χ0n) is 13.1. The first-order valence-electron chi connectivity index (χ1n) is 8.50. The third-order valence-electron chi connectivity index (χ3n) is 5.46. The minimum absolute atomic E-state index is 0.0369. The number of likely N-dealkylation sites (tertiary alicyclic amines) is 2. The molecule has 2 saturated heterocycles. The van der Waals surface area contributed by atoms with Crippen molar-refractivity contribution in [3.63, 3.8) is 0 Å². The minimum atomic E-state index is -0.600. The Kier molecular flexibility index (Phi) is 3.60. The molecule has 4 rings (SSSR count). The Morgan fingerprint density at radius 1 is 1.09 bits per heavy atom. The van der Waals surface area contributed by atoms with E-state index in [0.717, 1.165) is 45.1 Å². The number of hydrogen-bond donors (Lipinski definition) is 0. The molecule has 4 nitrogen and oxygen atoms in total. The zero-order valence-corrected chi connectivity index (χ0v) is 13.9. The van der Waals surface area contributed by atoms with Crippen molar-refractivity contribution in [2.75, 3.05) is 13.1 Å². The number of piperidine rings is 1. The Labute approximate surface area is 141 Å². The summed E-state index contributed by atoms with van der Waals surface area (Å²) in [5.74, 6) is 0.149. The largest absolute Gasteiger partial charge is 0.338 e. The Morgan fingerprint density at radius 3 is 2.39 bits per heavy atom. The number of hydrogen-bond acceptors (Lipinski definition) is 2. The highest BCUT2D eigenvalue weighted by molar-refractivity contribution is 6.30. The van der Waals surface area contributed by atoms with Gasteiger partial charge >= 0.3 is 0 Å². The Hall–Kier alpha value is -1.55. The van der Waals surface area contributed by atoms with Gasteiger partial charge in [0.25, 0.3) is 5.91 Å². The highest BCUT2D eigenvalue weighted by Gasteiger charge is 2.54. The van der Waals surface area contributed by atoms with E-state index in [1.807, 2.05) is 9.80 Å². The molecular formula is C18H21ClN2O2. The fourth-order valence-electron chi connectivity index (χ4n) is 4.16. The maximum absolute atomic E-state index is 13.1. The van der Waals surface area contributed by atoms with Gasteiger partial charge in [0, 0.05) is 29.7 Å². The molecule has 5 heteroatoms. The van der Waals surface area contributed by atoms with Crippen LogP contribution in [-0.2, 0) is 4.79 Å². The van der Waals surface area contributed by atoms with E-state index in [1.54, 1.807) is 24.3 Å². The summed E-state index contributed by atoms with van der Waals surface area (Å²) in [5, 5.41) is 0.617. The Morgan fingerprint density at radius 2 is 1.74 bits per heavy atom. The van der Waals surface area contributed by atoms with Crippen LogP contribution in [0.4, 0.5) is 0 Å². The molecule has 0 bridgehead atoms. The number of nitrogens with zero attached hydrogens (tertiary/aromatic N) is 2. The maximum atomic E-state index is 13.1. The summed E-state index contributed by atoms with van der Waals surface area (Å²) in [6, 6.07) is 7.39. The lowest BCUT2D eigenvalue weighted by Gasteiger charge is -2.44. The molecule has 0 aromatic heterocycles. The van der Waals surface area contributed by atoms with Crippen LogP contribution in [0.15, 0.2) is 24.3 Å². The molecule has 1 aliphatic carbocycles. The average molecular weight is 333 g/mol. The first kappa shape index (κ1) is 15.0. The summed E-state index contributed by atoms with van der Waals surface area (Å²) < 4.78 is 0. The summed E-state index contributed by atoms with van der Waals surface area (Å²) in [7, 11) is 0. The van der Waals surface area contributed by atoms with Crippen molar-refractivity contribution in [2.24, 2.45) is 0 Å². The quantitative estimate of drug-likeness (QED) is 0.835. The average Bonchev–Trinajstić information content (AvgIpc) is 3.31. The smallest absolute Gasteiger partial charge is 0.254 e. The molecule has 1 atom stereocenters. The van der Waals surface area contributed by atoms with Gasteiger partial charge in [-0.25, -0.2) is 0 Å². The summed E-state index contributed by atoms with van der Waals surface area (Å²) in [5.41, 5.74) is 0.0180. The van der Waals surface area contributed by atoms with Gasteiger partial charge in [-0.3, -0.25) is 9.59 Å². The molecule has 0 N–H and O–H groups in total. The lowest BCUT2D eigenvalue weighted by Crippen LogP contribution is -2.61. The molecule has 2 aliphatic heterocycles. The van der Waals surface area contributed by atoms with Crippen LogP contribution in [0.3, 0.4) is 0 Å². The molecule has 3 fully saturated rings. The summed E-state index contributed by atoms with van der Waals surface area (Å²) >= 11 is 5.92. The summed E-state index contributed by atoms with van der Waals surface area (Å²) in [6.45, 7) is 1.53. The van der Waals surface area contributed by atoms with E-state index < -0.39 is 5.54 Å². The lowest BCUT2D eigenvalue weighted by molar-refractivity contribution is -0.146. The molecule has 3 aliphatic rings. The second kappa shape index (κ2) is 5.52. The molecular weight excluding hydrogens is 312 g/mol. The first-order valence-corrected chi connectivity index (χ1v) is 8.88. The van der Waals surface area contributed by atoms with E-state index >= 15 is 0 Å². The van der Waals surface area contributed by atoms with Crippen molar-refractivity contribution in [3.05, 3.63) is 34.9 Å². The molecule has 1 aromatic carbocycles. The van der Waals surface area contributed by atoms with Crippen LogP contribution >= 0.6 is 11.6 Å². The number of amides is 2. The van der Waals surface area contributed by atoms with E-state index in [-0.39, 0.29) is 11.8 Å². The molecule has 2 heterocycles. The molecule has 0 radical (unpaired) electrons. The van der Waals surface area contributed by atoms with Crippen LogP contribution in [0.25, 0.3) is 0 Å². The molecule has 1 aromatic rings. The minimum Gasteiger partial charge on any atom is -0.338 e. The predicted octanol–water partition coefficient (Wildman–Crippen LogP) is 3.10. The fourth-order valence-corrected chi connectivity index (χ4v) is 4.28. The summed E-state index contributed by atoms with van der Waals surface area (Å²) in [6.07, 6.45) is 5.74. The van der Waals surface area contributed by atoms with Crippen molar-refractivity contribution in [1.29, 1.82) is 0 Å². The van der Waals surface area contributed by atoms with E-state index in [2.05, 4.69) is 0 Å². The topological polar surface area (TPSA) is 40.6 Å². The number of carbonyl (C=O) groups is 2. The van der Waals surface area contributed by atoms with Crippen LogP contribution in [0.1, 0.15) is 48.9 Å². The molecule has 2 amide bonds. The SMILES string of the molecule is O=C(c1ccc(Cl)cc1)N1CCCC12CCCN(C1CC1)C2=O. The van der Waals surface area contributed by atoms with Gasteiger partial charge in [-0.2, -0.15) is 0 Å².